The minimum atomic E-state index is -0.278. The van der Waals surface area contributed by atoms with Crippen LogP contribution >= 0.6 is 0 Å². The lowest BCUT2D eigenvalue weighted by Gasteiger charge is -2.31. The minimum Gasteiger partial charge on any atom is -0.388 e. The van der Waals surface area contributed by atoms with Gasteiger partial charge in [0.25, 0.3) is 0 Å². The molecule has 6 nitrogen and oxygen atoms in total. The minimum absolute atomic E-state index is 0.173. The van der Waals surface area contributed by atoms with E-state index >= 15 is 0 Å². The Morgan fingerprint density at radius 1 is 1.26 bits per heavy atom. The fraction of sp³-hybridized carbons (Fsp3) is 0.524. The molecule has 0 aliphatic carbocycles. The van der Waals surface area contributed by atoms with E-state index in [0.717, 1.165) is 49.4 Å². The lowest BCUT2D eigenvalue weighted by atomic mass is 9.82. The first-order valence-corrected chi connectivity index (χ1v) is 9.86. The molecule has 2 fully saturated rings. The van der Waals surface area contributed by atoms with Crippen LogP contribution in [-0.2, 0) is 9.59 Å². The highest BCUT2D eigenvalue weighted by Gasteiger charge is 2.32. The molecule has 27 heavy (non-hydrogen) atoms. The molecule has 146 valence electrons. The van der Waals surface area contributed by atoms with E-state index in [1.165, 1.54) is 11.3 Å². The number of piperidine rings is 1. The highest BCUT2D eigenvalue weighted by atomic mass is 16.2. The van der Waals surface area contributed by atoms with Crippen molar-refractivity contribution in [3.05, 3.63) is 29.3 Å². The summed E-state index contributed by atoms with van der Waals surface area (Å²) >= 11 is 0. The summed E-state index contributed by atoms with van der Waals surface area (Å²) in [5.41, 5.74) is 5.53. The molecule has 0 spiro atoms. The standard InChI is InChI=1S/C21H30N4O2/c1-4-14(2)20(17-7-8-19(26)24-21(17)27)16-6-5-15(13-18(16)22-3)25-11-9-23-10-12-25/h5-6,13,17,22-23H,4,7-12H2,1-3H3,(H,24,26,27). The number of hydrogen-bond donors (Lipinski definition) is 3. The Morgan fingerprint density at radius 2 is 2.00 bits per heavy atom. The first-order chi connectivity index (χ1) is 13.0. The van der Waals surface area contributed by atoms with Gasteiger partial charge in [-0.05, 0) is 37.5 Å². The molecule has 1 aromatic carbocycles. The van der Waals surface area contributed by atoms with Gasteiger partial charge >= 0.3 is 0 Å². The molecule has 3 rings (SSSR count). The maximum atomic E-state index is 12.6. The second kappa shape index (κ2) is 8.57. The molecule has 2 amide bonds. The summed E-state index contributed by atoms with van der Waals surface area (Å²) in [5.74, 6) is -0.630. The third-order valence-corrected chi connectivity index (χ3v) is 5.62. The second-order valence-electron chi connectivity index (χ2n) is 7.27. The van der Waals surface area contributed by atoms with Gasteiger partial charge in [-0.25, -0.2) is 0 Å². The van der Waals surface area contributed by atoms with Crippen LogP contribution < -0.4 is 20.9 Å². The van der Waals surface area contributed by atoms with Crippen LogP contribution in [0.5, 0.6) is 0 Å². The molecular formula is C21H30N4O2. The monoisotopic (exact) mass is 370 g/mol. The fourth-order valence-electron chi connectivity index (χ4n) is 3.97. The zero-order valence-corrected chi connectivity index (χ0v) is 16.5. The van der Waals surface area contributed by atoms with E-state index in [2.05, 4.69) is 52.9 Å². The zero-order valence-electron chi connectivity index (χ0n) is 16.5. The molecule has 2 heterocycles. The lowest BCUT2D eigenvalue weighted by Crippen LogP contribution is -2.43. The summed E-state index contributed by atoms with van der Waals surface area (Å²) in [6.07, 6.45) is 1.83. The molecule has 0 saturated carbocycles. The highest BCUT2D eigenvalue weighted by Crippen LogP contribution is 2.38. The molecule has 2 saturated heterocycles. The van der Waals surface area contributed by atoms with Crippen molar-refractivity contribution in [2.45, 2.75) is 33.1 Å². The first-order valence-electron chi connectivity index (χ1n) is 9.86. The number of benzene rings is 1. The van der Waals surface area contributed by atoms with Crippen molar-refractivity contribution in [1.29, 1.82) is 0 Å². The van der Waals surface area contributed by atoms with Crippen molar-refractivity contribution < 1.29 is 9.59 Å². The molecule has 2 aliphatic heterocycles. The van der Waals surface area contributed by atoms with Gasteiger partial charge in [-0.1, -0.05) is 18.6 Å². The summed E-state index contributed by atoms with van der Waals surface area (Å²) in [5, 5.41) is 9.21. The summed E-state index contributed by atoms with van der Waals surface area (Å²) in [4.78, 5) is 26.5. The normalized spacial score (nSPS) is 21.6. The van der Waals surface area contributed by atoms with Crippen LogP contribution in [0.3, 0.4) is 0 Å². The van der Waals surface area contributed by atoms with Crippen molar-refractivity contribution in [2.75, 3.05) is 43.4 Å². The SMILES string of the molecule is CCC(C)=C(c1ccc(N2CCNCC2)cc1NC)C1CCC(=O)NC1=O. The van der Waals surface area contributed by atoms with E-state index in [0.29, 0.717) is 12.8 Å². The quantitative estimate of drug-likeness (QED) is 0.694. The fourth-order valence-corrected chi connectivity index (χ4v) is 3.97. The van der Waals surface area contributed by atoms with Crippen molar-refractivity contribution >= 4 is 28.8 Å². The third-order valence-electron chi connectivity index (χ3n) is 5.62. The van der Waals surface area contributed by atoms with Gasteiger partial charge in [0.05, 0.1) is 5.92 Å². The number of carbonyl (C=O) groups is 2. The van der Waals surface area contributed by atoms with Gasteiger partial charge in [-0.15, -0.1) is 0 Å². The van der Waals surface area contributed by atoms with E-state index in [1.807, 2.05) is 7.05 Å². The Balaban J connectivity index is 1.99. The molecular weight excluding hydrogens is 340 g/mol. The molecule has 0 bridgehead atoms. The molecule has 1 atom stereocenters. The largest absolute Gasteiger partial charge is 0.388 e. The number of piperazine rings is 1. The first kappa shape index (κ1) is 19.4. The molecule has 2 aliphatic rings. The summed E-state index contributed by atoms with van der Waals surface area (Å²) in [7, 11) is 1.92. The molecule has 1 aromatic rings. The van der Waals surface area contributed by atoms with Gasteiger partial charge in [0.15, 0.2) is 0 Å². The number of nitrogens with one attached hydrogen (secondary N) is 3. The van der Waals surface area contributed by atoms with E-state index in [1.54, 1.807) is 0 Å². The molecule has 1 unspecified atom stereocenters. The predicted octanol–water partition coefficient (Wildman–Crippen LogP) is 2.37. The van der Waals surface area contributed by atoms with Crippen LogP contribution in [0.15, 0.2) is 23.8 Å². The van der Waals surface area contributed by atoms with Gasteiger partial charge in [0.1, 0.15) is 0 Å². The van der Waals surface area contributed by atoms with Crippen LogP contribution in [0.25, 0.3) is 5.57 Å². The maximum Gasteiger partial charge on any atom is 0.234 e. The van der Waals surface area contributed by atoms with Gasteiger partial charge < -0.3 is 15.5 Å². The van der Waals surface area contributed by atoms with Crippen LogP contribution in [-0.4, -0.2) is 45.0 Å². The number of hydrogen-bond acceptors (Lipinski definition) is 5. The molecule has 3 N–H and O–H groups in total. The predicted molar refractivity (Wildman–Crippen MR) is 110 cm³/mol. The van der Waals surface area contributed by atoms with Crippen molar-refractivity contribution in [3.8, 4) is 0 Å². The van der Waals surface area contributed by atoms with E-state index < -0.39 is 0 Å². The topological polar surface area (TPSA) is 73.5 Å². The summed E-state index contributed by atoms with van der Waals surface area (Å²) in [6.45, 7) is 8.16. The van der Waals surface area contributed by atoms with Gasteiger partial charge in [0, 0.05) is 56.6 Å². The van der Waals surface area contributed by atoms with Crippen molar-refractivity contribution in [1.82, 2.24) is 10.6 Å². The van der Waals surface area contributed by atoms with Crippen LogP contribution in [0, 0.1) is 5.92 Å². The zero-order chi connectivity index (χ0) is 19.4. The summed E-state index contributed by atoms with van der Waals surface area (Å²) in [6, 6.07) is 6.45. The third kappa shape index (κ3) is 4.16. The van der Waals surface area contributed by atoms with Gasteiger partial charge in [-0.3, -0.25) is 14.9 Å². The van der Waals surface area contributed by atoms with Gasteiger partial charge in [0.2, 0.25) is 11.8 Å². The lowest BCUT2D eigenvalue weighted by molar-refractivity contribution is -0.134. The number of allylic oxidation sites excluding steroid dienone is 1. The van der Waals surface area contributed by atoms with Crippen molar-refractivity contribution in [3.63, 3.8) is 0 Å². The Labute approximate surface area is 161 Å². The maximum absolute atomic E-state index is 12.6. The highest BCUT2D eigenvalue weighted by molar-refractivity contribution is 6.05. The second-order valence-corrected chi connectivity index (χ2v) is 7.27. The number of anilines is 2. The molecule has 0 radical (unpaired) electrons. The average Bonchev–Trinajstić information content (AvgIpc) is 2.70. The van der Waals surface area contributed by atoms with E-state index in [4.69, 9.17) is 0 Å². The van der Waals surface area contributed by atoms with Gasteiger partial charge in [-0.2, -0.15) is 0 Å². The number of carbonyl (C=O) groups excluding carboxylic acids is 2. The molecule has 6 heteroatoms. The Bertz CT molecular complexity index is 751. The Morgan fingerprint density at radius 3 is 2.63 bits per heavy atom. The average molecular weight is 370 g/mol. The smallest absolute Gasteiger partial charge is 0.234 e. The number of rotatable bonds is 5. The Hall–Kier alpha value is -2.34. The van der Waals surface area contributed by atoms with Crippen LogP contribution in [0.1, 0.15) is 38.7 Å². The van der Waals surface area contributed by atoms with Crippen LogP contribution in [0.4, 0.5) is 11.4 Å². The van der Waals surface area contributed by atoms with Crippen molar-refractivity contribution in [2.24, 2.45) is 5.92 Å². The number of nitrogens with zero attached hydrogens (tertiary/aromatic N) is 1. The number of imide groups is 1. The van der Waals surface area contributed by atoms with E-state index in [-0.39, 0.29) is 17.7 Å². The van der Waals surface area contributed by atoms with Crippen LogP contribution in [0.2, 0.25) is 0 Å². The summed E-state index contributed by atoms with van der Waals surface area (Å²) < 4.78 is 0. The Kier molecular flexibility index (Phi) is 6.16. The molecule has 0 aromatic heterocycles. The number of amides is 2. The van der Waals surface area contributed by atoms with E-state index in [9.17, 15) is 9.59 Å².